The number of hydrogen-bond donors (Lipinski definition) is 1. The molecular formula is C10H8BrNO2. The first-order chi connectivity index (χ1) is 6.79. The predicted molar refractivity (Wildman–Crippen MR) is 54.7 cm³/mol. The van der Waals surface area contributed by atoms with Crippen molar-refractivity contribution in [2.24, 2.45) is 0 Å². The third-order valence-electron chi connectivity index (χ3n) is 1.89. The van der Waals surface area contributed by atoms with Gasteiger partial charge in [-0.15, -0.1) is 0 Å². The predicted octanol–water partition coefficient (Wildman–Crippen LogP) is 2.52. The Bertz CT molecular complexity index is 413. The van der Waals surface area contributed by atoms with Crippen molar-refractivity contribution < 1.29 is 9.52 Å². The maximum absolute atomic E-state index is 9.90. The van der Waals surface area contributed by atoms with Crippen molar-refractivity contribution in [1.29, 1.82) is 0 Å². The van der Waals surface area contributed by atoms with E-state index in [1.165, 1.54) is 6.26 Å². The monoisotopic (exact) mass is 253 g/mol. The van der Waals surface area contributed by atoms with E-state index in [0.717, 1.165) is 4.47 Å². The number of nitrogens with zero attached hydrogens (tertiary/aromatic N) is 1. The first kappa shape index (κ1) is 9.43. The second kappa shape index (κ2) is 3.94. The zero-order valence-corrected chi connectivity index (χ0v) is 8.81. The third kappa shape index (κ3) is 1.71. The number of aliphatic hydroxyl groups excluding tert-OH is 1. The molecule has 3 nitrogen and oxygen atoms in total. The summed E-state index contributed by atoms with van der Waals surface area (Å²) in [5.41, 5.74) is 0.711. The third-order valence-corrected chi connectivity index (χ3v) is 2.55. The summed E-state index contributed by atoms with van der Waals surface area (Å²) in [6.07, 6.45) is 4.03. The summed E-state index contributed by atoms with van der Waals surface area (Å²) in [5, 5.41) is 9.90. The van der Waals surface area contributed by atoms with Crippen LogP contribution in [0.1, 0.15) is 17.4 Å². The SMILES string of the molecule is OC(c1cccnc1)c1occc1Br. The molecule has 1 atom stereocenters. The summed E-state index contributed by atoms with van der Waals surface area (Å²) in [6.45, 7) is 0. The normalized spacial score (nSPS) is 12.7. The molecule has 4 heteroatoms. The molecule has 2 aromatic rings. The van der Waals surface area contributed by atoms with Gasteiger partial charge in [0.05, 0.1) is 10.7 Å². The van der Waals surface area contributed by atoms with Crippen LogP contribution in [0.5, 0.6) is 0 Å². The van der Waals surface area contributed by atoms with Crippen LogP contribution in [0.25, 0.3) is 0 Å². The van der Waals surface area contributed by atoms with Gasteiger partial charge in [-0.25, -0.2) is 0 Å². The van der Waals surface area contributed by atoms with E-state index in [4.69, 9.17) is 4.42 Å². The lowest BCUT2D eigenvalue weighted by atomic mass is 10.1. The van der Waals surface area contributed by atoms with Crippen molar-refractivity contribution in [3.63, 3.8) is 0 Å². The first-order valence-corrected chi connectivity index (χ1v) is 4.89. The molecule has 1 N–H and O–H groups in total. The van der Waals surface area contributed by atoms with Crippen molar-refractivity contribution >= 4 is 15.9 Å². The van der Waals surface area contributed by atoms with E-state index in [-0.39, 0.29) is 0 Å². The van der Waals surface area contributed by atoms with E-state index in [2.05, 4.69) is 20.9 Å². The fourth-order valence-electron chi connectivity index (χ4n) is 1.19. The fourth-order valence-corrected chi connectivity index (χ4v) is 1.61. The first-order valence-electron chi connectivity index (χ1n) is 4.10. The van der Waals surface area contributed by atoms with Gasteiger partial charge in [-0.05, 0) is 28.1 Å². The molecular weight excluding hydrogens is 246 g/mol. The van der Waals surface area contributed by atoms with E-state index >= 15 is 0 Å². The Labute approximate surface area is 89.5 Å². The number of furan rings is 1. The Morgan fingerprint density at radius 3 is 2.86 bits per heavy atom. The van der Waals surface area contributed by atoms with E-state index in [1.807, 2.05) is 0 Å². The van der Waals surface area contributed by atoms with E-state index in [0.29, 0.717) is 11.3 Å². The molecule has 0 aliphatic rings. The van der Waals surface area contributed by atoms with Crippen molar-refractivity contribution in [2.75, 3.05) is 0 Å². The van der Waals surface area contributed by atoms with Gasteiger partial charge in [-0.2, -0.15) is 0 Å². The molecule has 72 valence electrons. The van der Waals surface area contributed by atoms with Gasteiger partial charge in [0.2, 0.25) is 0 Å². The summed E-state index contributed by atoms with van der Waals surface area (Å²) in [7, 11) is 0. The largest absolute Gasteiger partial charge is 0.465 e. The number of aromatic nitrogens is 1. The average molecular weight is 254 g/mol. The minimum Gasteiger partial charge on any atom is -0.465 e. The van der Waals surface area contributed by atoms with Crippen molar-refractivity contribution in [3.8, 4) is 0 Å². The molecule has 0 fully saturated rings. The minimum absolute atomic E-state index is 0.498. The van der Waals surface area contributed by atoms with Crippen molar-refractivity contribution in [3.05, 3.63) is 52.7 Å². The molecule has 2 aromatic heterocycles. The van der Waals surface area contributed by atoms with Crippen LogP contribution in [0.15, 0.2) is 45.7 Å². The molecule has 0 aromatic carbocycles. The Morgan fingerprint density at radius 1 is 1.43 bits per heavy atom. The van der Waals surface area contributed by atoms with E-state index in [1.54, 1.807) is 30.6 Å². The molecule has 0 bridgehead atoms. The van der Waals surface area contributed by atoms with Gasteiger partial charge in [0, 0.05) is 18.0 Å². The highest BCUT2D eigenvalue weighted by Gasteiger charge is 2.16. The van der Waals surface area contributed by atoms with Crippen LogP contribution in [0.4, 0.5) is 0 Å². The van der Waals surface area contributed by atoms with Crippen LogP contribution in [-0.2, 0) is 0 Å². The van der Waals surface area contributed by atoms with Crippen LogP contribution < -0.4 is 0 Å². The topological polar surface area (TPSA) is 46.3 Å². The minimum atomic E-state index is -0.770. The van der Waals surface area contributed by atoms with Gasteiger partial charge in [0.1, 0.15) is 6.10 Å². The second-order valence-corrected chi connectivity index (χ2v) is 3.68. The quantitative estimate of drug-likeness (QED) is 0.895. The highest BCUT2D eigenvalue weighted by molar-refractivity contribution is 9.10. The van der Waals surface area contributed by atoms with Gasteiger partial charge in [0.15, 0.2) is 5.76 Å². The van der Waals surface area contributed by atoms with E-state index in [9.17, 15) is 5.11 Å². The number of halogens is 1. The summed E-state index contributed by atoms with van der Waals surface area (Å²) >= 11 is 3.29. The molecule has 0 saturated heterocycles. The summed E-state index contributed by atoms with van der Waals surface area (Å²) in [6, 6.07) is 5.32. The molecule has 0 radical (unpaired) electrons. The van der Waals surface area contributed by atoms with Gasteiger partial charge in [-0.3, -0.25) is 4.98 Å². The molecule has 2 rings (SSSR count). The number of rotatable bonds is 2. The maximum Gasteiger partial charge on any atom is 0.151 e. The van der Waals surface area contributed by atoms with Crippen LogP contribution in [-0.4, -0.2) is 10.1 Å². The summed E-state index contributed by atoms with van der Waals surface area (Å²) < 4.78 is 5.91. The molecule has 0 aliphatic carbocycles. The molecule has 0 spiro atoms. The molecule has 14 heavy (non-hydrogen) atoms. The zero-order chi connectivity index (χ0) is 9.97. The van der Waals surface area contributed by atoms with Crippen molar-refractivity contribution in [1.82, 2.24) is 4.98 Å². The van der Waals surface area contributed by atoms with Crippen LogP contribution in [0.3, 0.4) is 0 Å². The molecule has 0 amide bonds. The van der Waals surface area contributed by atoms with Gasteiger partial charge < -0.3 is 9.52 Å². The molecule has 1 unspecified atom stereocenters. The van der Waals surface area contributed by atoms with Crippen LogP contribution >= 0.6 is 15.9 Å². The number of pyridine rings is 1. The Hall–Kier alpha value is -1.13. The lowest BCUT2D eigenvalue weighted by molar-refractivity contribution is 0.188. The van der Waals surface area contributed by atoms with Crippen LogP contribution in [0.2, 0.25) is 0 Å². The Kier molecular flexibility index (Phi) is 2.65. The molecule has 2 heterocycles. The smallest absolute Gasteiger partial charge is 0.151 e. The Morgan fingerprint density at radius 2 is 2.29 bits per heavy atom. The summed E-state index contributed by atoms with van der Waals surface area (Å²) in [5.74, 6) is 0.498. The highest BCUT2D eigenvalue weighted by Crippen LogP contribution is 2.28. The second-order valence-electron chi connectivity index (χ2n) is 2.82. The van der Waals surface area contributed by atoms with Crippen LogP contribution in [0, 0.1) is 0 Å². The average Bonchev–Trinajstić information content (AvgIpc) is 2.65. The fraction of sp³-hybridized carbons (Fsp3) is 0.100. The standard InChI is InChI=1S/C10H8BrNO2/c11-8-3-5-14-10(8)9(13)7-2-1-4-12-6-7/h1-6,9,13H. The van der Waals surface area contributed by atoms with Crippen molar-refractivity contribution in [2.45, 2.75) is 6.10 Å². The lowest BCUT2D eigenvalue weighted by Gasteiger charge is -2.07. The highest BCUT2D eigenvalue weighted by atomic mass is 79.9. The number of hydrogen-bond acceptors (Lipinski definition) is 3. The molecule has 0 saturated carbocycles. The maximum atomic E-state index is 9.90. The van der Waals surface area contributed by atoms with E-state index < -0.39 is 6.10 Å². The molecule has 0 aliphatic heterocycles. The Balaban J connectivity index is 2.34. The summed E-state index contributed by atoms with van der Waals surface area (Å²) in [4.78, 5) is 3.93. The van der Waals surface area contributed by atoms with Gasteiger partial charge in [0.25, 0.3) is 0 Å². The van der Waals surface area contributed by atoms with Gasteiger partial charge in [-0.1, -0.05) is 6.07 Å². The number of aliphatic hydroxyl groups is 1. The zero-order valence-electron chi connectivity index (χ0n) is 7.22. The lowest BCUT2D eigenvalue weighted by Crippen LogP contribution is -1.98. The van der Waals surface area contributed by atoms with Gasteiger partial charge >= 0.3 is 0 Å².